The summed E-state index contributed by atoms with van der Waals surface area (Å²) in [5, 5.41) is 13.9. The molecule has 0 amide bonds. The lowest BCUT2D eigenvalue weighted by molar-refractivity contribution is -0.385. The van der Waals surface area contributed by atoms with Crippen molar-refractivity contribution in [3.8, 4) is 11.3 Å². The molecule has 0 aliphatic carbocycles. The number of hydrogen-bond acceptors (Lipinski definition) is 6. The van der Waals surface area contributed by atoms with Crippen LogP contribution in [0.4, 0.5) is 5.69 Å². The molecule has 2 N–H and O–H groups in total. The molecule has 0 aliphatic heterocycles. The molecule has 3 rings (SSSR count). The molecule has 0 fully saturated rings. The second-order valence-electron chi connectivity index (χ2n) is 5.82. The number of nitrogens with zero attached hydrogens (tertiary/aromatic N) is 3. The number of aromatic nitrogens is 2. The Labute approximate surface area is 149 Å². The van der Waals surface area contributed by atoms with Crippen LogP contribution in [-0.4, -0.2) is 14.9 Å². The maximum absolute atomic E-state index is 11.0. The molecule has 6 nitrogen and oxygen atoms in total. The standard InChI is InChI=1S/C18H18N4O2S/c1-11-7-17(22(23)24)12(2)20-15(11)8-18-21-16(10-25-18)14-5-3-13(9-19)4-6-14/h3-7,10H,8-9,19H2,1-2H3. The number of pyridine rings is 1. The van der Waals surface area contributed by atoms with Crippen molar-refractivity contribution in [1.29, 1.82) is 0 Å². The zero-order valence-corrected chi connectivity index (χ0v) is 14.8. The zero-order valence-electron chi connectivity index (χ0n) is 14.0. The van der Waals surface area contributed by atoms with Crippen LogP contribution < -0.4 is 5.73 Å². The Morgan fingerprint density at radius 3 is 2.56 bits per heavy atom. The number of hydrogen-bond donors (Lipinski definition) is 1. The molecule has 0 saturated carbocycles. The first-order chi connectivity index (χ1) is 12.0. The van der Waals surface area contributed by atoms with Gasteiger partial charge >= 0.3 is 0 Å². The van der Waals surface area contributed by atoms with Crippen LogP contribution in [0.1, 0.15) is 27.5 Å². The van der Waals surface area contributed by atoms with E-state index >= 15 is 0 Å². The van der Waals surface area contributed by atoms with Gasteiger partial charge in [-0.2, -0.15) is 0 Å². The molecule has 2 heterocycles. The molecule has 0 radical (unpaired) electrons. The van der Waals surface area contributed by atoms with Gasteiger partial charge in [0, 0.05) is 30.0 Å². The van der Waals surface area contributed by atoms with E-state index in [1.807, 2.05) is 36.6 Å². The van der Waals surface area contributed by atoms with E-state index in [9.17, 15) is 10.1 Å². The number of nitrogens with two attached hydrogens (primary N) is 1. The van der Waals surface area contributed by atoms with Crippen molar-refractivity contribution in [1.82, 2.24) is 9.97 Å². The summed E-state index contributed by atoms with van der Waals surface area (Å²) >= 11 is 1.56. The lowest BCUT2D eigenvalue weighted by Gasteiger charge is -2.05. The van der Waals surface area contributed by atoms with E-state index in [1.165, 1.54) is 0 Å². The van der Waals surface area contributed by atoms with Gasteiger partial charge in [-0.1, -0.05) is 24.3 Å². The van der Waals surface area contributed by atoms with E-state index in [2.05, 4.69) is 9.97 Å². The second kappa shape index (κ2) is 7.08. The Morgan fingerprint density at radius 2 is 1.92 bits per heavy atom. The fraction of sp³-hybridized carbons (Fsp3) is 0.222. The van der Waals surface area contributed by atoms with E-state index in [1.54, 1.807) is 24.3 Å². The van der Waals surface area contributed by atoms with Crippen LogP contribution in [0.15, 0.2) is 35.7 Å². The van der Waals surface area contributed by atoms with Crippen molar-refractivity contribution in [2.45, 2.75) is 26.8 Å². The molecule has 0 spiro atoms. The lowest BCUT2D eigenvalue weighted by Crippen LogP contribution is -2.02. The van der Waals surface area contributed by atoms with Gasteiger partial charge in [0.1, 0.15) is 5.69 Å². The third kappa shape index (κ3) is 3.72. The molecule has 2 aromatic heterocycles. The topological polar surface area (TPSA) is 94.9 Å². The van der Waals surface area contributed by atoms with Crippen LogP contribution in [0.3, 0.4) is 0 Å². The quantitative estimate of drug-likeness (QED) is 0.556. The Bertz CT molecular complexity index is 919. The molecule has 0 saturated heterocycles. The van der Waals surface area contributed by atoms with Crippen molar-refractivity contribution < 1.29 is 4.92 Å². The smallest absolute Gasteiger partial charge is 0.290 e. The second-order valence-corrected chi connectivity index (χ2v) is 6.76. The average Bonchev–Trinajstić information content (AvgIpc) is 3.06. The number of aryl methyl sites for hydroxylation is 2. The maximum atomic E-state index is 11.0. The molecule has 3 aromatic rings. The molecular weight excluding hydrogens is 336 g/mol. The molecule has 1 aromatic carbocycles. The molecule has 0 aliphatic rings. The summed E-state index contributed by atoms with van der Waals surface area (Å²) < 4.78 is 0. The minimum absolute atomic E-state index is 0.0565. The highest BCUT2D eigenvalue weighted by atomic mass is 32.1. The number of benzene rings is 1. The van der Waals surface area contributed by atoms with E-state index in [0.717, 1.165) is 33.1 Å². The van der Waals surface area contributed by atoms with Gasteiger partial charge in [-0.25, -0.2) is 4.98 Å². The van der Waals surface area contributed by atoms with Crippen molar-refractivity contribution in [3.63, 3.8) is 0 Å². The summed E-state index contributed by atoms with van der Waals surface area (Å²) in [5.41, 5.74) is 10.8. The summed E-state index contributed by atoms with van der Waals surface area (Å²) in [4.78, 5) is 19.7. The SMILES string of the molecule is Cc1cc([N+](=O)[O-])c(C)nc1Cc1nc(-c2ccc(CN)cc2)cs1. The van der Waals surface area contributed by atoms with Gasteiger partial charge in [0.25, 0.3) is 5.69 Å². The van der Waals surface area contributed by atoms with Gasteiger partial charge < -0.3 is 5.73 Å². The number of nitro groups is 1. The van der Waals surface area contributed by atoms with E-state index in [4.69, 9.17) is 5.73 Å². The fourth-order valence-corrected chi connectivity index (χ4v) is 3.39. The van der Waals surface area contributed by atoms with Crippen molar-refractivity contribution >= 4 is 17.0 Å². The molecule has 0 atom stereocenters. The Morgan fingerprint density at radius 1 is 1.20 bits per heavy atom. The monoisotopic (exact) mass is 354 g/mol. The normalized spacial score (nSPS) is 10.8. The number of thiazole rings is 1. The molecular formula is C18H18N4O2S. The van der Waals surface area contributed by atoms with E-state index in [0.29, 0.717) is 18.7 Å². The van der Waals surface area contributed by atoms with Gasteiger partial charge in [0.15, 0.2) is 0 Å². The van der Waals surface area contributed by atoms with Crippen molar-refractivity contribution in [2.24, 2.45) is 5.73 Å². The molecule has 128 valence electrons. The van der Waals surface area contributed by atoms with Crippen molar-refractivity contribution in [2.75, 3.05) is 0 Å². The Hall–Kier alpha value is -2.64. The largest absolute Gasteiger partial charge is 0.326 e. The van der Waals surface area contributed by atoms with E-state index in [-0.39, 0.29) is 5.69 Å². The first-order valence-electron chi connectivity index (χ1n) is 7.83. The highest BCUT2D eigenvalue weighted by Crippen LogP contribution is 2.26. The third-order valence-corrected chi connectivity index (χ3v) is 4.88. The third-order valence-electron chi connectivity index (χ3n) is 4.03. The molecule has 25 heavy (non-hydrogen) atoms. The minimum atomic E-state index is -0.397. The molecule has 7 heteroatoms. The fourth-order valence-electron chi connectivity index (χ4n) is 2.58. The number of rotatable bonds is 5. The Kier molecular flexibility index (Phi) is 4.87. The van der Waals surface area contributed by atoms with E-state index < -0.39 is 4.92 Å². The van der Waals surface area contributed by atoms with Gasteiger partial charge in [0.2, 0.25) is 0 Å². The predicted octanol–water partition coefficient (Wildman–Crippen LogP) is 3.78. The first-order valence-corrected chi connectivity index (χ1v) is 8.71. The highest BCUT2D eigenvalue weighted by Gasteiger charge is 2.16. The highest BCUT2D eigenvalue weighted by molar-refractivity contribution is 7.10. The van der Waals surface area contributed by atoms with Crippen LogP contribution in [0.25, 0.3) is 11.3 Å². The van der Waals surface area contributed by atoms with Gasteiger partial charge in [-0.15, -0.1) is 11.3 Å². The Balaban J connectivity index is 1.83. The van der Waals surface area contributed by atoms with Gasteiger partial charge in [0.05, 0.1) is 21.3 Å². The van der Waals surface area contributed by atoms with Crippen LogP contribution in [0.2, 0.25) is 0 Å². The van der Waals surface area contributed by atoms with Crippen LogP contribution in [0, 0.1) is 24.0 Å². The summed E-state index contributed by atoms with van der Waals surface area (Å²) in [5.74, 6) is 0. The van der Waals surface area contributed by atoms with Crippen LogP contribution in [-0.2, 0) is 13.0 Å². The minimum Gasteiger partial charge on any atom is -0.326 e. The van der Waals surface area contributed by atoms with Crippen LogP contribution >= 0.6 is 11.3 Å². The van der Waals surface area contributed by atoms with Crippen molar-refractivity contribution in [3.05, 3.63) is 73.3 Å². The molecule has 0 bridgehead atoms. The average molecular weight is 354 g/mol. The summed E-state index contributed by atoms with van der Waals surface area (Å²) in [6, 6.07) is 9.61. The summed E-state index contributed by atoms with van der Waals surface area (Å²) in [7, 11) is 0. The first kappa shape index (κ1) is 17.2. The predicted molar refractivity (Wildman–Crippen MR) is 98.6 cm³/mol. The van der Waals surface area contributed by atoms with Gasteiger partial charge in [-0.05, 0) is 25.0 Å². The van der Waals surface area contributed by atoms with Crippen LogP contribution in [0.5, 0.6) is 0 Å². The molecule has 0 unspecified atom stereocenters. The lowest BCUT2D eigenvalue weighted by atomic mass is 10.1. The van der Waals surface area contributed by atoms with Gasteiger partial charge in [-0.3, -0.25) is 15.1 Å². The summed E-state index contributed by atoms with van der Waals surface area (Å²) in [6.45, 7) is 4.02. The zero-order chi connectivity index (χ0) is 18.0. The summed E-state index contributed by atoms with van der Waals surface area (Å²) in [6.07, 6.45) is 0.566. The maximum Gasteiger partial charge on any atom is 0.290 e.